The molecule has 0 fully saturated rings. The fourth-order valence-corrected chi connectivity index (χ4v) is 2.19. The van der Waals surface area contributed by atoms with E-state index >= 15 is 0 Å². The number of fused-ring (bicyclic) bond motifs is 1. The highest BCUT2D eigenvalue weighted by atomic mass is 19.1. The minimum Gasteiger partial charge on any atom is -0.481 e. The van der Waals surface area contributed by atoms with Crippen molar-refractivity contribution in [2.24, 2.45) is 0 Å². The van der Waals surface area contributed by atoms with Crippen LogP contribution in [0.1, 0.15) is 0 Å². The standard InChI is InChI=1S/C17H12FNO3/c18-12-6-7-13-15(8-12)19-14(11-4-2-1-3-5-11)9-16(13)22-10-17(20)21/h1-9H,10H2,(H,20,21). The summed E-state index contributed by atoms with van der Waals surface area (Å²) in [7, 11) is 0. The Bertz CT molecular complexity index is 834. The molecule has 0 amide bonds. The van der Waals surface area contributed by atoms with Crippen LogP contribution in [0.25, 0.3) is 22.2 Å². The minimum absolute atomic E-state index is 0.367. The van der Waals surface area contributed by atoms with Crippen molar-refractivity contribution in [2.75, 3.05) is 6.61 Å². The van der Waals surface area contributed by atoms with Crippen LogP contribution in [0.4, 0.5) is 4.39 Å². The molecule has 0 saturated heterocycles. The van der Waals surface area contributed by atoms with Gasteiger partial charge in [0.15, 0.2) is 6.61 Å². The third-order valence-electron chi connectivity index (χ3n) is 3.15. The molecule has 0 saturated carbocycles. The van der Waals surface area contributed by atoms with Gasteiger partial charge < -0.3 is 9.84 Å². The van der Waals surface area contributed by atoms with E-state index in [9.17, 15) is 9.18 Å². The highest BCUT2D eigenvalue weighted by molar-refractivity contribution is 5.88. The van der Waals surface area contributed by atoms with Crippen LogP contribution < -0.4 is 4.74 Å². The van der Waals surface area contributed by atoms with Gasteiger partial charge in [-0.15, -0.1) is 0 Å². The molecule has 5 heteroatoms. The van der Waals surface area contributed by atoms with Gasteiger partial charge in [0.1, 0.15) is 11.6 Å². The number of aromatic nitrogens is 1. The molecule has 0 atom stereocenters. The lowest BCUT2D eigenvalue weighted by Crippen LogP contribution is -2.10. The summed E-state index contributed by atoms with van der Waals surface area (Å²) in [6.07, 6.45) is 0. The molecular formula is C17H12FNO3. The quantitative estimate of drug-likeness (QED) is 0.800. The van der Waals surface area contributed by atoms with Gasteiger partial charge in [-0.3, -0.25) is 0 Å². The van der Waals surface area contributed by atoms with Crippen LogP contribution in [0.5, 0.6) is 5.75 Å². The van der Waals surface area contributed by atoms with E-state index in [4.69, 9.17) is 9.84 Å². The number of hydrogen-bond donors (Lipinski definition) is 1. The highest BCUT2D eigenvalue weighted by Gasteiger charge is 2.10. The normalized spacial score (nSPS) is 10.6. The van der Waals surface area contributed by atoms with Gasteiger partial charge in [-0.2, -0.15) is 0 Å². The molecule has 110 valence electrons. The summed E-state index contributed by atoms with van der Waals surface area (Å²) in [6, 6.07) is 15.1. The van der Waals surface area contributed by atoms with Gasteiger partial charge in [0.2, 0.25) is 0 Å². The van der Waals surface area contributed by atoms with E-state index < -0.39 is 18.4 Å². The van der Waals surface area contributed by atoms with Crippen molar-refractivity contribution in [3.8, 4) is 17.0 Å². The number of benzene rings is 2. The van der Waals surface area contributed by atoms with Gasteiger partial charge in [-0.1, -0.05) is 30.3 Å². The summed E-state index contributed by atoms with van der Waals surface area (Å²) >= 11 is 0. The number of rotatable bonds is 4. The summed E-state index contributed by atoms with van der Waals surface area (Å²) in [5, 5.41) is 9.35. The Labute approximate surface area is 125 Å². The summed E-state index contributed by atoms with van der Waals surface area (Å²) in [5.41, 5.74) is 1.86. The number of carboxylic acids is 1. The number of ether oxygens (including phenoxy) is 1. The summed E-state index contributed by atoms with van der Waals surface area (Å²) < 4.78 is 18.8. The van der Waals surface area contributed by atoms with E-state index in [0.29, 0.717) is 22.3 Å². The van der Waals surface area contributed by atoms with Gasteiger partial charge in [-0.25, -0.2) is 14.2 Å². The Morgan fingerprint density at radius 2 is 1.91 bits per heavy atom. The molecule has 2 aromatic carbocycles. The molecule has 0 bridgehead atoms. The van der Waals surface area contributed by atoms with Gasteiger partial charge in [-0.05, 0) is 12.1 Å². The number of aliphatic carboxylic acids is 1. The first kappa shape index (κ1) is 14.0. The van der Waals surface area contributed by atoms with Crippen LogP contribution in [0.2, 0.25) is 0 Å². The number of carbonyl (C=O) groups is 1. The van der Waals surface area contributed by atoms with Gasteiger partial charge in [0.25, 0.3) is 0 Å². The first-order valence-corrected chi connectivity index (χ1v) is 6.64. The number of carboxylic acid groups (broad SMARTS) is 1. The average molecular weight is 297 g/mol. The van der Waals surface area contributed by atoms with Crippen molar-refractivity contribution in [1.29, 1.82) is 0 Å². The lowest BCUT2D eigenvalue weighted by Gasteiger charge is -2.10. The second kappa shape index (κ2) is 5.81. The smallest absolute Gasteiger partial charge is 0.341 e. The first-order chi connectivity index (χ1) is 10.6. The first-order valence-electron chi connectivity index (χ1n) is 6.64. The zero-order valence-electron chi connectivity index (χ0n) is 11.5. The monoisotopic (exact) mass is 297 g/mol. The molecule has 4 nitrogen and oxygen atoms in total. The number of nitrogens with zero attached hydrogens (tertiary/aromatic N) is 1. The molecule has 1 N–H and O–H groups in total. The largest absolute Gasteiger partial charge is 0.481 e. The maximum atomic E-state index is 13.4. The molecule has 0 aliphatic heterocycles. The Kier molecular flexibility index (Phi) is 3.70. The average Bonchev–Trinajstić information content (AvgIpc) is 2.52. The molecular weight excluding hydrogens is 285 g/mol. The van der Waals surface area contributed by atoms with E-state index in [-0.39, 0.29) is 0 Å². The van der Waals surface area contributed by atoms with Gasteiger partial charge in [0.05, 0.1) is 11.2 Å². The SMILES string of the molecule is O=C(O)COc1cc(-c2ccccc2)nc2cc(F)ccc12. The zero-order valence-corrected chi connectivity index (χ0v) is 11.5. The Morgan fingerprint density at radius 3 is 2.64 bits per heavy atom. The fraction of sp³-hybridized carbons (Fsp3) is 0.0588. The summed E-state index contributed by atoms with van der Waals surface area (Å²) in [4.78, 5) is 15.1. The molecule has 1 heterocycles. The molecule has 0 spiro atoms. The lowest BCUT2D eigenvalue weighted by atomic mass is 10.1. The van der Waals surface area contributed by atoms with Crippen molar-refractivity contribution in [2.45, 2.75) is 0 Å². The maximum absolute atomic E-state index is 13.4. The summed E-state index contributed by atoms with van der Waals surface area (Å²) in [5.74, 6) is -1.12. The third-order valence-corrected chi connectivity index (χ3v) is 3.15. The number of hydrogen-bond acceptors (Lipinski definition) is 3. The second-order valence-electron chi connectivity index (χ2n) is 4.72. The van der Waals surface area contributed by atoms with Crippen LogP contribution in [0.15, 0.2) is 54.6 Å². The van der Waals surface area contributed by atoms with Crippen LogP contribution >= 0.6 is 0 Å². The second-order valence-corrected chi connectivity index (χ2v) is 4.72. The van der Waals surface area contributed by atoms with Crippen LogP contribution in [-0.4, -0.2) is 22.7 Å². The Balaban J connectivity index is 2.16. The van der Waals surface area contributed by atoms with Crippen molar-refractivity contribution in [3.63, 3.8) is 0 Å². The van der Waals surface area contributed by atoms with E-state index in [1.807, 2.05) is 30.3 Å². The van der Waals surface area contributed by atoms with Crippen molar-refractivity contribution in [3.05, 3.63) is 60.4 Å². The molecule has 22 heavy (non-hydrogen) atoms. The number of halogens is 1. The van der Waals surface area contributed by atoms with E-state index in [0.717, 1.165) is 5.56 Å². The summed E-state index contributed by atoms with van der Waals surface area (Å²) in [6.45, 7) is -0.468. The lowest BCUT2D eigenvalue weighted by molar-refractivity contribution is -0.139. The Morgan fingerprint density at radius 1 is 1.14 bits per heavy atom. The molecule has 1 aromatic heterocycles. The van der Waals surface area contributed by atoms with Gasteiger partial charge >= 0.3 is 5.97 Å². The number of pyridine rings is 1. The van der Waals surface area contributed by atoms with Crippen molar-refractivity contribution >= 4 is 16.9 Å². The predicted molar refractivity (Wildman–Crippen MR) is 80.3 cm³/mol. The molecule has 0 unspecified atom stereocenters. The molecule has 0 aliphatic rings. The molecule has 0 aliphatic carbocycles. The maximum Gasteiger partial charge on any atom is 0.341 e. The van der Waals surface area contributed by atoms with Crippen LogP contribution in [-0.2, 0) is 4.79 Å². The van der Waals surface area contributed by atoms with E-state index in [2.05, 4.69) is 4.98 Å². The van der Waals surface area contributed by atoms with Gasteiger partial charge in [0, 0.05) is 23.1 Å². The predicted octanol–water partition coefficient (Wildman–Crippen LogP) is 3.50. The van der Waals surface area contributed by atoms with E-state index in [1.54, 1.807) is 6.07 Å². The third kappa shape index (κ3) is 2.88. The zero-order chi connectivity index (χ0) is 15.5. The highest BCUT2D eigenvalue weighted by Crippen LogP contribution is 2.30. The van der Waals surface area contributed by atoms with E-state index in [1.165, 1.54) is 18.2 Å². The molecule has 0 radical (unpaired) electrons. The molecule has 3 aromatic rings. The fourth-order valence-electron chi connectivity index (χ4n) is 2.19. The molecule has 3 rings (SSSR count). The van der Waals surface area contributed by atoms with Crippen molar-refractivity contribution < 1.29 is 19.0 Å². The van der Waals surface area contributed by atoms with Crippen LogP contribution in [0, 0.1) is 5.82 Å². The van der Waals surface area contributed by atoms with Crippen LogP contribution in [0.3, 0.4) is 0 Å². The van der Waals surface area contributed by atoms with Crippen molar-refractivity contribution in [1.82, 2.24) is 4.98 Å². The minimum atomic E-state index is -1.08. The Hall–Kier alpha value is -2.95. The topological polar surface area (TPSA) is 59.4 Å².